The number of methoxy groups -OCH3 is 2. The molecule has 2 aromatic heterocycles. The van der Waals surface area contributed by atoms with Crippen LogP contribution < -0.4 is 19.7 Å². The molecule has 2 aromatic carbocycles. The van der Waals surface area contributed by atoms with Crippen LogP contribution in [0.2, 0.25) is 0 Å². The Hall–Kier alpha value is -3.74. The highest BCUT2D eigenvalue weighted by Gasteiger charge is 2.26. The van der Waals surface area contributed by atoms with Gasteiger partial charge in [-0.1, -0.05) is 18.2 Å². The Morgan fingerprint density at radius 3 is 2.56 bits per heavy atom. The van der Waals surface area contributed by atoms with Gasteiger partial charge < -0.3 is 24.1 Å². The predicted octanol–water partition coefficient (Wildman–Crippen LogP) is 4.08. The van der Waals surface area contributed by atoms with Crippen LogP contribution in [0.3, 0.4) is 0 Å². The first-order valence-corrected chi connectivity index (χ1v) is 11.8. The van der Waals surface area contributed by atoms with Gasteiger partial charge in [-0.05, 0) is 61.2 Å². The molecule has 176 valence electrons. The molecule has 0 spiro atoms. The van der Waals surface area contributed by atoms with E-state index in [-0.39, 0.29) is 11.8 Å². The van der Waals surface area contributed by atoms with Crippen LogP contribution in [0.15, 0.2) is 60.8 Å². The molecule has 5 rings (SSSR count). The Morgan fingerprint density at radius 2 is 1.76 bits per heavy atom. The quantitative estimate of drug-likeness (QED) is 0.452. The number of hydrogen-bond acceptors (Lipinski definition) is 5. The van der Waals surface area contributed by atoms with Crippen LogP contribution in [0.5, 0.6) is 11.5 Å². The van der Waals surface area contributed by atoms with E-state index in [0.29, 0.717) is 18.0 Å². The smallest absolute Gasteiger partial charge is 0.223 e. The number of benzene rings is 2. The Labute approximate surface area is 199 Å². The molecule has 34 heavy (non-hydrogen) atoms. The van der Waals surface area contributed by atoms with Crippen molar-refractivity contribution in [2.24, 2.45) is 5.92 Å². The van der Waals surface area contributed by atoms with Gasteiger partial charge >= 0.3 is 0 Å². The highest BCUT2D eigenvalue weighted by atomic mass is 16.5. The van der Waals surface area contributed by atoms with E-state index in [1.54, 1.807) is 14.2 Å². The molecular weight excluding hydrogens is 428 g/mol. The Balaban J connectivity index is 1.19. The number of carbonyl (C=O) groups is 1. The van der Waals surface area contributed by atoms with E-state index in [2.05, 4.69) is 45.1 Å². The second kappa shape index (κ2) is 9.63. The largest absolute Gasteiger partial charge is 0.493 e. The number of rotatable bonds is 7. The summed E-state index contributed by atoms with van der Waals surface area (Å²) >= 11 is 0. The Morgan fingerprint density at radius 1 is 1.00 bits per heavy atom. The molecular formula is C27H30N4O3. The summed E-state index contributed by atoms with van der Waals surface area (Å²) in [6, 6.07) is 18.2. The third-order valence-corrected chi connectivity index (χ3v) is 6.67. The van der Waals surface area contributed by atoms with Crippen LogP contribution in [0.1, 0.15) is 18.4 Å². The molecule has 1 saturated heterocycles. The predicted molar refractivity (Wildman–Crippen MR) is 134 cm³/mol. The molecule has 1 fully saturated rings. The molecule has 1 aliphatic heterocycles. The number of para-hydroxylation sites is 2. The maximum atomic E-state index is 12.8. The van der Waals surface area contributed by atoms with E-state index >= 15 is 0 Å². The van der Waals surface area contributed by atoms with E-state index in [1.165, 1.54) is 0 Å². The Kier molecular flexibility index (Phi) is 6.25. The molecule has 0 unspecified atom stereocenters. The highest BCUT2D eigenvalue weighted by molar-refractivity contribution is 5.85. The van der Waals surface area contributed by atoms with Crippen LogP contribution in [0.4, 0.5) is 5.82 Å². The van der Waals surface area contributed by atoms with Gasteiger partial charge in [-0.15, -0.1) is 0 Å². The summed E-state index contributed by atoms with van der Waals surface area (Å²) in [5.41, 5.74) is 4.30. The maximum absolute atomic E-state index is 12.8. The Bertz CT molecular complexity index is 1310. The summed E-state index contributed by atoms with van der Waals surface area (Å²) in [5.74, 6) is 2.58. The monoisotopic (exact) mass is 458 g/mol. The molecule has 1 N–H and O–H groups in total. The lowest BCUT2D eigenvalue weighted by atomic mass is 9.95. The average molecular weight is 459 g/mol. The summed E-state index contributed by atoms with van der Waals surface area (Å²) in [7, 11) is 3.26. The number of aromatic nitrogens is 2. The van der Waals surface area contributed by atoms with Crippen molar-refractivity contribution in [3.8, 4) is 11.5 Å². The number of anilines is 1. The lowest BCUT2D eigenvalue weighted by Gasteiger charge is -2.32. The van der Waals surface area contributed by atoms with E-state index in [0.717, 1.165) is 60.3 Å². The minimum absolute atomic E-state index is 0.0323. The van der Waals surface area contributed by atoms with E-state index in [4.69, 9.17) is 14.5 Å². The van der Waals surface area contributed by atoms with Crippen molar-refractivity contribution in [2.45, 2.75) is 19.3 Å². The van der Waals surface area contributed by atoms with Crippen molar-refractivity contribution in [2.75, 3.05) is 38.8 Å². The third-order valence-electron chi connectivity index (χ3n) is 6.67. The SMILES string of the molecule is COc1ccc(CCNC(=O)C2CCN(c3nc4ccccc4n4cccc34)CC2)cc1OC. The van der Waals surface area contributed by atoms with Crippen molar-refractivity contribution in [3.63, 3.8) is 0 Å². The van der Waals surface area contributed by atoms with Crippen molar-refractivity contribution < 1.29 is 14.3 Å². The van der Waals surface area contributed by atoms with Gasteiger partial charge in [0.15, 0.2) is 17.3 Å². The fourth-order valence-corrected chi connectivity index (χ4v) is 4.80. The number of amides is 1. The normalized spacial score (nSPS) is 14.5. The standard InChI is InChI=1S/C27H30N4O3/c1-33-24-10-9-19(18-25(24)34-2)11-14-28-27(32)20-12-16-30(17-13-20)26-23-8-5-15-31(23)22-7-4-3-6-21(22)29-26/h3-10,15,18,20H,11-14,16-17H2,1-2H3,(H,28,32). The number of fused-ring (bicyclic) bond motifs is 3. The number of piperidine rings is 1. The van der Waals surface area contributed by atoms with Crippen LogP contribution in [0.25, 0.3) is 16.6 Å². The average Bonchev–Trinajstić information content (AvgIpc) is 3.38. The molecule has 3 heterocycles. The lowest BCUT2D eigenvalue weighted by Crippen LogP contribution is -2.41. The molecule has 1 aliphatic rings. The van der Waals surface area contributed by atoms with Crippen molar-refractivity contribution in [1.82, 2.24) is 14.7 Å². The molecule has 7 heteroatoms. The minimum Gasteiger partial charge on any atom is -0.493 e. The van der Waals surface area contributed by atoms with Gasteiger partial charge in [0.05, 0.1) is 30.8 Å². The van der Waals surface area contributed by atoms with Crippen molar-refractivity contribution >= 4 is 28.3 Å². The van der Waals surface area contributed by atoms with Crippen molar-refractivity contribution in [3.05, 3.63) is 66.4 Å². The minimum atomic E-state index is 0.0323. The van der Waals surface area contributed by atoms with Gasteiger partial charge in [-0.3, -0.25) is 4.79 Å². The molecule has 0 saturated carbocycles. The number of nitrogens with zero attached hydrogens (tertiary/aromatic N) is 3. The molecule has 0 bridgehead atoms. The van der Waals surface area contributed by atoms with Gasteiger partial charge in [-0.25, -0.2) is 4.98 Å². The van der Waals surface area contributed by atoms with Gasteiger partial charge in [0.25, 0.3) is 0 Å². The summed E-state index contributed by atoms with van der Waals surface area (Å²) in [6.07, 6.45) is 4.48. The number of ether oxygens (including phenoxy) is 2. The van der Waals surface area contributed by atoms with E-state index in [9.17, 15) is 4.79 Å². The van der Waals surface area contributed by atoms with Crippen LogP contribution in [-0.2, 0) is 11.2 Å². The summed E-state index contributed by atoms with van der Waals surface area (Å²) < 4.78 is 12.9. The van der Waals surface area contributed by atoms with Crippen molar-refractivity contribution in [1.29, 1.82) is 0 Å². The zero-order valence-corrected chi connectivity index (χ0v) is 19.7. The zero-order chi connectivity index (χ0) is 23.5. The second-order valence-corrected chi connectivity index (χ2v) is 8.68. The van der Waals surface area contributed by atoms with E-state index < -0.39 is 0 Å². The number of hydrogen-bond donors (Lipinski definition) is 1. The second-order valence-electron chi connectivity index (χ2n) is 8.68. The number of nitrogens with one attached hydrogen (secondary N) is 1. The summed E-state index contributed by atoms with van der Waals surface area (Å²) in [6.45, 7) is 2.24. The third kappa shape index (κ3) is 4.25. The first kappa shape index (κ1) is 22.1. The lowest BCUT2D eigenvalue weighted by molar-refractivity contribution is -0.125. The van der Waals surface area contributed by atoms with Gasteiger partial charge in [0.2, 0.25) is 5.91 Å². The van der Waals surface area contributed by atoms with Crippen LogP contribution in [0, 0.1) is 5.92 Å². The van der Waals surface area contributed by atoms with Gasteiger partial charge in [0.1, 0.15) is 0 Å². The van der Waals surface area contributed by atoms with Gasteiger partial charge in [0, 0.05) is 31.7 Å². The van der Waals surface area contributed by atoms with Crippen LogP contribution in [-0.4, -0.2) is 49.1 Å². The van der Waals surface area contributed by atoms with Crippen LogP contribution >= 0.6 is 0 Å². The fourth-order valence-electron chi connectivity index (χ4n) is 4.80. The molecule has 0 aliphatic carbocycles. The van der Waals surface area contributed by atoms with E-state index in [1.807, 2.05) is 30.3 Å². The topological polar surface area (TPSA) is 68.1 Å². The molecule has 0 radical (unpaired) electrons. The molecule has 1 amide bonds. The first-order valence-electron chi connectivity index (χ1n) is 11.8. The molecule has 0 atom stereocenters. The first-order chi connectivity index (χ1) is 16.7. The molecule has 7 nitrogen and oxygen atoms in total. The van der Waals surface area contributed by atoms with Gasteiger partial charge in [-0.2, -0.15) is 0 Å². The maximum Gasteiger partial charge on any atom is 0.223 e. The summed E-state index contributed by atoms with van der Waals surface area (Å²) in [5, 5.41) is 3.12. The fraction of sp³-hybridized carbons (Fsp3) is 0.333. The summed E-state index contributed by atoms with van der Waals surface area (Å²) in [4.78, 5) is 20.1. The number of carbonyl (C=O) groups excluding carboxylic acids is 1. The zero-order valence-electron chi connectivity index (χ0n) is 19.7. The molecule has 4 aromatic rings. The highest BCUT2D eigenvalue weighted by Crippen LogP contribution is 2.29.